The minimum Gasteiger partial charge on any atom is -0.480 e. The van der Waals surface area contributed by atoms with E-state index in [2.05, 4.69) is 5.32 Å². The summed E-state index contributed by atoms with van der Waals surface area (Å²) in [5, 5.41) is 11.6. The van der Waals surface area contributed by atoms with Crippen LogP contribution in [0.5, 0.6) is 0 Å². The van der Waals surface area contributed by atoms with Gasteiger partial charge in [-0.2, -0.15) is 0 Å². The highest BCUT2D eigenvalue weighted by Crippen LogP contribution is 2.22. The third-order valence-corrected chi connectivity index (χ3v) is 4.54. The number of hydrogen-bond donors (Lipinski definition) is 2. The van der Waals surface area contributed by atoms with Gasteiger partial charge in [-0.25, -0.2) is 4.79 Å². The first-order chi connectivity index (χ1) is 12.5. The van der Waals surface area contributed by atoms with Gasteiger partial charge in [0.15, 0.2) is 0 Å². The van der Waals surface area contributed by atoms with E-state index in [9.17, 15) is 14.4 Å². The lowest BCUT2D eigenvalue weighted by Crippen LogP contribution is -2.51. The van der Waals surface area contributed by atoms with Crippen molar-refractivity contribution in [1.29, 1.82) is 0 Å². The van der Waals surface area contributed by atoms with Crippen LogP contribution in [0.1, 0.15) is 29.6 Å². The predicted octanol–water partition coefficient (Wildman–Crippen LogP) is 0.802. The third kappa shape index (κ3) is 4.39. The summed E-state index contributed by atoms with van der Waals surface area (Å²) in [6.45, 7) is 1.04. The number of amides is 2. The van der Waals surface area contributed by atoms with Crippen LogP contribution in [0.15, 0.2) is 24.3 Å². The lowest BCUT2D eigenvalue weighted by molar-refractivity contribution is -0.147. The van der Waals surface area contributed by atoms with Crippen molar-refractivity contribution in [1.82, 2.24) is 5.32 Å². The van der Waals surface area contributed by atoms with Gasteiger partial charge in [-0.3, -0.25) is 9.59 Å². The number of rotatable bonds is 6. The molecule has 2 aliphatic heterocycles. The van der Waals surface area contributed by atoms with Crippen LogP contribution in [0.3, 0.4) is 0 Å². The number of benzene rings is 1. The third-order valence-electron chi connectivity index (χ3n) is 4.54. The predicted molar refractivity (Wildman–Crippen MR) is 92.1 cm³/mol. The Morgan fingerprint density at radius 3 is 2.73 bits per heavy atom. The van der Waals surface area contributed by atoms with E-state index in [1.165, 1.54) is 0 Å². The molecule has 2 amide bonds. The SMILES string of the molecule is O=C(O)CO[C@@H]1CCOC[C@@H]1NC(=O)c1ccc(N2CCCC2=O)cc1. The molecule has 26 heavy (non-hydrogen) atoms. The number of anilines is 1. The Hall–Kier alpha value is -2.45. The maximum absolute atomic E-state index is 12.5. The molecule has 3 rings (SSSR count). The molecule has 140 valence electrons. The maximum Gasteiger partial charge on any atom is 0.329 e. The lowest BCUT2D eigenvalue weighted by Gasteiger charge is -2.31. The Labute approximate surface area is 151 Å². The fourth-order valence-electron chi connectivity index (χ4n) is 3.20. The summed E-state index contributed by atoms with van der Waals surface area (Å²) in [6.07, 6.45) is 1.53. The number of ether oxygens (including phenoxy) is 2. The Morgan fingerprint density at radius 2 is 2.08 bits per heavy atom. The Balaban J connectivity index is 1.61. The molecule has 1 aromatic carbocycles. The van der Waals surface area contributed by atoms with Gasteiger partial charge in [0.1, 0.15) is 6.61 Å². The summed E-state index contributed by atoms with van der Waals surface area (Å²) < 4.78 is 10.7. The number of carboxylic acids is 1. The Bertz CT molecular complexity index is 675. The number of nitrogens with zero attached hydrogens (tertiary/aromatic N) is 1. The largest absolute Gasteiger partial charge is 0.480 e. The van der Waals surface area contributed by atoms with Gasteiger partial charge in [0, 0.05) is 30.8 Å². The molecule has 2 saturated heterocycles. The van der Waals surface area contributed by atoms with Crippen LogP contribution in [0.2, 0.25) is 0 Å². The quantitative estimate of drug-likeness (QED) is 0.776. The second kappa shape index (κ2) is 8.29. The molecule has 0 spiro atoms. The number of aliphatic carboxylic acids is 1. The molecule has 2 heterocycles. The van der Waals surface area contributed by atoms with Crippen LogP contribution >= 0.6 is 0 Å². The van der Waals surface area contributed by atoms with Gasteiger partial charge in [-0.15, -0.1) is 0 Å². The van der Waals surface area contributed by atoms with Gasteiger partial charge < -0.3 is 24.8 Å². The van der Waals surface area contributed by atoms with Gasteiger partial charge in [-0.05, 0) is 37.1 Å². The molecule has 2 aliphatic rings. The topological polar surface area (TPSA) is 105 Å². The van der Waals surface area contributed by atoms with Gasteiger partial charge in [-0.1, -0.05) is 0 Å². The summed E-state index contributed by atoms with van der Waals surface area (Å²) >= 11 is 0. The monoisotopic (exact) mass is 362 g/mol. The van der Waals surface area contributed by atoms with Crippen molar-refractivity contribution >= 4 is 23.5 Å². The van der Waals surface area contributed by atoms with E-state index in [1.54, 1.807) is 29.2 Å². The van der Waals surface area contributed by atoms with Gasteiger partial charge >= 0.3 is 5.97 Å². The first-order valence-electron chi connectivity index (χ1n) is 8.67. The average Bonchev–Trinajstić information content (AvgIpc) is 3.07. The molecule has 2 atom stereocenters. The second-order valence-corrected chi connectivity index (χ2v) is 6.38. The highest BCUT2D eigenvalue weighted by Gasteiger charge is 2.29. The molecule has 0 bridgehead atoms. The molecule has 0 aromatic heterocycles. The van der Waals surface area contributed by atoms with E-state index in [0.717, 1.165) is 12.1 Å². The smallest absolute Gasteiger partial charge is 0.329 e. The first kappa shape index (κ1) is 18.3. The molecule has 0 aliphatic carbocycles. The van der Waals surface area contributed by atoms with Crippen molar-refractivity contribution in [3.05, 3.63) is 29.8 Å². The van der Waals surface area contributed by atoms with Gasteiger partial charge in [0.05, 0.1) is 18.8 Å². The lowest BCUT2D eigenvalue weighted by atomic mass is 10.1. The molecule has 0 saturated carbocycles. The molecule has 1 aromatic rings. The van der Waals surface area contributed by atoms with Crippen LogP contribution in [0, 0.1) is 0 Å². The number of hydrogen-bond acceptors (Lipinski definition) is 5. The van der Waals surface area contributed by atoms with Crippen LogP contribution in [-0.2, 0) is 19.1 Å². The normalized spacial score (nSPS) is 23.1. The number of carbonyl (C=O) groups excluding carboxylic acids is 2. The minimum absolute atomic E-state index is 0.0972. The highest BCUT2D eigenvalue weighted by molar-refractivity contribution is 5.97. The number of nitrogens with one attached hydrogen (secondary N) is 1. The molecular weight excluding hydrogens is 340 g/mol. The van der Waals surface area contributed by atoms with Crippen molar-refractivity contribution in [3.8, 4) is 0 Å². The number of carbonyl (C=O) groups is 3. The summed E-state index contributed by atoms with van der Waals surface area (Å²) in [5.41, 5.74) is 1.25. The highest BCUT2D eigenvalue weighted by atomic mass is 16.5. The van der Waals surface area contributed by atoms with Crippen LogP contribution in [0.25, 0.3) is 0 Å². The van der Waals surface area contributed by atoms with E-state index in [0.29, 0.717) is 31.6 Å². The van der Waals surface area contributed by atoms with Gasteiger partial charge in [0.25, 0.3) is 5.91 Å². The molecular formula is C18H22N2O6. The van der Waals surface area contributed by atoms with E-state index >= 15 is 0 Å². The molecule has 8 nitrogen and oxygen atoms in total. The van der Waals surface area contributed by atoms with Gasteiger partial charge in [0.2, 0.25) is 5.91 Å². The maximum atomic E-state index is 12.5. The Morgan fingerprint density at radius 1 is 1.31 bits per heavy atom. The van der Waals surface area contributed by atoms with Crippen molar-refractivity contribution in [3.63, 3.8) is 0 Å². The minimum atomic E-state index is -1.05. The van der Waals surface area contributed by atoms with E-state index in [1.807, 2.05) is 0 Å². The van der Waals surface area contributed by atoms with Crippen molar-refractivity contribution in [2.75, 3.05) is 31.3 Å². The summed E-state index contributed by atoms with van der Waals surface area (Å²) in [7, 11) is 0. The molecule has 2 N–H and O–H groups in total. The molecule has 0 unspecified atom stereocenters. The second-order valence-electron chi connectivity index (χ2n) is 6.38. The summed E-state index contributed by atoms with van der Waals surface area (Å²) in [4.78, 5) is 36.7. The van der Waals surface area contributed by atoms with Crippen LogP contribution in [-0.4, -0.2) is 61.4 Å². The zero-order valence-electron chi connectivity index (χ0n) is 14.3. The number of carboxylic acid groups (broad SMARTS) is 1. The van der Waals surface area contributed by atoms with E-state index < -0.39 is 24.7 Å². The van der Waals surface area contributed by atoms with Crippen molar-refractivity contribution in [2.24, 2.45) is 0 Å². The molecule has 2 fully saturated rings. The zero-order chi connectivity index (χ0) is 18.5. The van der Waals surface area contributed by atoms with Crippen LogP contribution in [0.4, 0.5) is 5.69 Å². The summed E-state index contributed by atoms with van der Waals surface area (Å²) in [6, 6.07) is 6.46. The average molecular weight is 362 g/mol. The summed E-state index contributed by atoms with van der Waals surface area (Å²) in [5.74, 6) is -1.24. The van der Waals surface area contributed by atoms with E-state index in [-0.39, 0.29) is 18.4 Å². The Kier molecular flexibility index (Phi) is 5.85. The fraction of sp³-hybridized carbons (Fsp3) is 0.500. The van der Waals surface area contributed by atoms with E-state index in [4.69, 9.17) is 14.6 Å². The fourth-order valence-corrected chi connectivity index (χ4v) is 3.20. The van der Waals surface area contributed by atoms with Crippen molar-refractivity contribution in [2.45, 2.75) is 31.4 Å². The van der Waals surface area contributed by atoms with Crippen molar-refractivity contribution < 1.29 is 29.0 Å². The standard InChI is InChI=1S/C18H22N2O6/c21-16-2-1-8-20(16)13-5-3-12(4-6-13)18(24)19-14-10-25-9-7-15(14)26-11-17(22)23/h3-6,14-15H,1-2,7-11H2,(H,19,24)(H,22,23)/t14-,15+/m0/s1. The molecule has 0 radical (unpaired) electrons. The van der Waals surface area contributed by atoms with Crippen LogP contribution < -0.4 is 10.2 Å². The molecule has 8 heteroatoms. The first-order valence-corrected chi connectivity index (χ1v) is 8.67. The zero-order valence-corrected chi connectivity index (χ0v) is 14.3.